The van der Waals surface area contributed by atoms with E-state index >= 15 is 0 Å². The maximum Gasteiger partial charge on any atom is 0.344 e. The van der Waals surface area contributed by atoms with Crippen LogP contribution in [0.4, 0.5) is 5.69 Å². The molecule has 2 rings (SSSR count). The first-order chi connectivity index (χ1) is 11.7. The quantitative estimate of drug-likeness (QED) is 0.731. The Labute approximate surface area is 141 Å². The fourth-order valence-corrected chi connectivity index (χ4v) is 2.19. The number of para-hydroxylation sites is 1. The second kappa shape index (κ2) is 8.67. The van der Waals surface area contributed by atoms with Crippen LogP contribution in [-0.4, -0.2) is 36.6 Å². The molecule has 1 amide bonds. The summed E-state index contributed by atoms with van der Waals surface area (Å²) in [4.78, 5) is 30.1. The monoisotopic (exact) mass is 328 g/mol. The zero-order chi connectivity index (χ0) is 17.4. The highest BCUT2D eigenvalue weighted by atomic mass is 16.5. The lowest BCUT2D eigenvalue weighted by molar-refractivity contribution is -0.121. The number of amides is 1. The lowest BCUT2D eigenvalue weighted by Crippen LogP contribution is -2.34. The van der Waals surface area contributed by atoms with Gasteiger partial charge in [0.25, 0.3) is 5.91 Å². The van der Waals surface area contributed by atoms with Crippen LogP contribution in [0.2, 0.25) is 0 Å². The molecule has 2 aromatic rings. The number of benzene rings is 1. The largest absolute Gasteiger partial charge is 0.477 e. The molecule has 0 bridgehead atoms. The van der Waals surface area contributed by atoms with Gasteiger partial charge in [0.05, 0.1) is 6.61 Å². The second-order valence-electron chi connectivity index (χ2n) is 4.84. The summed E-state index contributed by atoms with van der Waals surface area (Å²) in [6.45, 7) is 4.18. The molecule has 6 nitrogen and oxygen atoms in total. The molecule has 0 saturated heterocycles. The van der Waals surface area contributed by atoms with Crippen molar-refractivity contribution in [1.29, 1.82) is 0 Å². The average molecular weight is 328 g/mol. The molecule has 0 saturated carbocycles. The van der Waals surface area contributed by atoms with Crippen molar-refractivity contribution in [2.75, 3.05) is 24.7 Å². The van der Waals surface area contributed by atoms with E-state index in [0.717, 1.165) is 5.69 Å². The predicted molar refractivity (Wildman–Crippen MR) is 90.2 cm³/mol. The number of rotatable bonds is 7. The molecular formula is C18H20N2O4. The van der Waals surface area contributed by atoms with Crippen LogP contribution >= 0.6 is 0 Å². The van der Waals surface area contributed by atoms with Crippen LogP contribution in [0.1, 0.15) is 24.2 Å². The molecule has 0 N–H and O–H groups in total. The van der Waals surface area contributed by atoms with Crippen LogP contribution in [0.5, 0.6) is 5.88 Å². The van der Waals surface area contributed by atoms with Gasteiger partial charge in [-0.2, -0.15) is 0 Å². The highest BCUT2D eigenvalue weighted by Gasteiger charge is 2.19. The number of carbonyl (C=O) groups excluding carboxylic acids is 2. The number of aromatic nitrogens is 1. The second-order valence-corrected chi connectivity index (χ2v) is 4.84. The summed E-state index contributed by atoms with van der Waals surface area (Å²) < 4.78 is 10.4. The molecule has 0 aliphatic rings. The van der Waals surface area contributed by atoms with Gasteiger partial charge in [0.2, 0.25) is 5.88 Å². The van der Waals surface area contributed by atoms with Gasteiger partial charge in [-0.3, -0.25) is 4.79 Å². The lowest BCUT2D eigenvalue weighted by Gasteiger charge is -2.20. The first kappa shape index (κ1) is 17.5. The molecule has 126 valence electrons. The van der Waals surface area contributed by atoms with Crippen LogP contribution in [0, 0.1) is 0 Å². The van der Waals surface area contributed by atoms with Gasteiger partial charge >= 0.3 is 5.97 Å². The van der Waals surface area contributed by atoms with E-state index in [2.05, 4.69) is 4.98 Å². The fraction of sp³-hybridized carbons (Fsp3) is 0.278. The summed E-state index contributed by atoms with van der Waals surface area (Å²) in [5.41, 5.74) is 0.965. The number of pyridine rings is 1. The fourth-order valence-electron chi connectivity index (χ4n) is 2.19. The average Bonchev–Trinajstić information content (AvgIpc) is 2.62. The molecule has 0 fully saturated rings. The van der Waals surface area contributed by atoms with E-state index in [0.29, 0.717) is 13.2 Å². The minimum absolute atomic E-state index is 0.202. The molecule has 1 aromatic carbocycles. The molecule has 0 aliphatic heterocycles. The SMILES string of the molecule is CCOc1ncccc1C(=O)OCC(=O)N(CC)c1ccccc1. The summed E-state index contributed by atoms with van der Waals surface area (Å²) in [5, 5.41) is 0. The van der Waals surface area contributed by atoms with Crippen molar-refractivity contribution >= 4 is 17.6 Å². The van der Waals surface area contributed by atoms with E-state index < -0.39 is 5.97 Å². The topological polar surface area (TPSA) is 68.7 Å². The normalized spacial score (nSPS) is 10.1. The summed E-state index contributed by atoms with van der Waals surface area (Å²) in [5.74, 6) is -0.726. The Morgan fingerprint density at radius 1 is 1.08 bits per heavy atom. The number of nitrogens with zero attached hydrogens (tertiary/aromatic N) is 2. The van der Waals surface area contributed by atoms with Gasteiger partial charge in [0.15, 0.2) is 6.61 Å². The molecular weight excluding hydrogens is 308 g/mol. The van der Waals surface area contributed by atoms with Gasteiger partial charge in [-0.15, -0.1) is 0 Å². The van der Waals surface area contributed by atoms with Gasteiger partial charge < -0.3 is 14.4 Å². The Hall–Kier alpha value is -2.89. The van der Waals surface area contributed by atoms with Gasteiger partial charge in [-0.25, -0.2) is 9.78 Å². The van der Waals surface area contributed by atoms with E-state index in [1.165, 1.54) is 6.20 Å². The number of esters is 1. The highest BCUT2D eigenvalue weighted by Crippen LogP contribution is 2.16. The van der Waals surface area contributed by atoms with Crippen molar-refractivity contribution in [2.45, 2.75) is 13.8 Å². The molecule has 0 spiro atoms. The number of ether oxygens (including phenoxy) is 2. The smallest absolute Gasteiger partial charge is 0.344 e. The van der Waals surface area contributed by atoms with Crippen LogP contribution in [0.15, 0.2) is 48.7 Å². The van der Waals surface area contributed by atoms with Gasteiger partial charge in [0.1, 0.15) is 5.56 Å². The summed E-state index contributed by atoms with van der Waals surface area (Å²) in [6, 6.07) is 12.4. The van der Waals surface area contributed by atoms with Crippen molar-refractivity contribution < 1.29 is 19.1 Å². The molecule has 1 aromatic heterocycles. The van der Waals surface area contributed by atoms with Gasteiger partial charge in [0, 0.05) is 18.4 Å². The maximum absolute atomic E-state index is 12.3. The first-order valence-corrected chi connectivity index (χ1v) is 7.77. The Morgan fingerprint density at radius 2 is 1.83 bits per heavy atom. The van der Waals surface area contributed by atoms with Crippen LogP contribution in [0.25, 0.3) is 0 Å². The van der Waals surface area contributed by atoms with E-state index in [1.54, 1.807) is 24.0 Å². The minimum atomic E-state index is -0.635. The molecule has 0 atom stereocenters. The number of carbonyl (C=O) groups is 2. The van der Waals surface area contributed by atoms with Crippen LogP contribution in [0.3, 0.4) is 0 Å². The first-order valence-electron chi connectivity index (χ1n) is 7.77. The summed E-state index contributed by atoms with van der Waals surface area (Å²) in [7, 11) is 0. The Bertz CT molecular complexity index is 688. The molecule has 0 radical (unpaired) electrons. The Morgan fingerprint density at radius 3 is 2.50 bits per heavy atom. The number of hydrogen-bond donors (Lipinski definition) is 0. The summed E-state index contributed by atoms with van der Waals surface area (Å²) >= 11 is 0. The third kappa shape index (κ3) is 4.32. The molecule has 1 heterocycles. The van der Waals surface area contributed by atoms with Crippen molar-refractivity contribution in [3.8, 4) is 5.88 Å². The highest BCUT2D eigenvalue weighted by molar-refractivity contribution is 5.97. The van der Waals surface area contributed by atoms with Crippen molar-refractivity contribution in [3.05, 3.63) is 54.2 Å². The number of likely N-dealkylation sites (N-methyl/N-ethyl adjacent to an activating group) is 1. The van der Waals surface area contributed by atoms with Crippen molar-refractivity contribution in [1.82, 2.24) is 4.98 Å². The minimum Gasteiger partial charge on any atom is -0.477 e. The number of hydrogen-bond acceptors (Lipinski definition) is 5. The van der Waals surface area contributed by atoms with Gasteiger partial charge in [-0.05, 0) is 38.1 Å². The van der Waals surface area contributed by atoms with Gasteiger partial charge in [-0.1, -0.05) is 18.2 Å². The molecule has 24 heavy (non-hydrogen) atoms. The van der Waals surface area contributed by atoms with E-state index in [4.69, 9.17) is 9.47 Å². The zero-order valence-electron chi connectivity index (χ0n) is 13.8. The van der Waals surface area contributed by atoms with E-state index in [1.807, 2.05) is 37.3 Å². The molecule has 6 heteroatoms. The molecule has 0 aliphatic carbocycles. The van der Waals surface area contributed by atoms with Crippen molar-refractivity contribution in [2.24, 2.45) is 0 Å². The van der Waals surface area contributed by atoms with Crippen molar-refractivity contribution in [3.63, 3.8) is 0 Å². The van der Waals surface area contributed by atoms with Crippen LogP contribution < -0.4 is 9.64 Å². The van der Waals surface area contributed by atoms with E-state index in [9.17, 15) is 9.59 Å². The Balaban J connectivity index is 2.02. The lowest BCUT2D eigenvalue weighted by atomic mass is 10.2. The zero-order valence-corrected chi connectivity index (χ0v) is 13.8. The van der Waals surface area contributed by atoms with E-state index in [-0.39, 0.29) is 24.0 Å². The standard InChI is InChI=1S/C18H20N2O4/c1-3-20(14-9-6-5-7-10-14)16(21)13-24-18(22)15-11-8-12-19-17(15)23-4-2/h5-12H,3-4,13H2,1-2H3. The predicted octanol–water partition coefficient (Wildman–Crippen LogP) is 2.69. The molecule has 0 unspecified atom stereocenters. The van der Waals surface area contributed by atoms with Crippen LogP contribution in [-0.2, 0) is 9.53 Å². The third-order valence-corrected chi connectivity index (χ3v) is 3.28. The number of anilines is 1. The Kier molecular flexibility index (Phi) is 6.31. The summed E-state index contributed by atoms with van der Waals surface area (Å²) in [6.07, 6.45) is 1.53. The third-order valence-electron chi connectivity index (χ3n) is 3.28. The maximum atomic E-state index is 12.3.